The fraction of sp³-hybridized carbons (Fsp3) is 0.562. The van der Waals surface area contributed by atoms with E-state index in [0.717, 1.165) is 30.9 Å². The topological polar surface area (TPSA) is 82.8 Å². The van der Waals surface area contributed by atoms with Crippen LogP contribution in [0.1, 0.15) is 19.3 Å². The van der Waals surface area contributed by atoms with Gasteiger partial charge in [0.15, 0.2) is 0 Å². The highest BCUT2D eigenvalue weighted by molar-refractivity contribution is 5.91. The zero-order chi connectivity index (χ0) is 15.8. The van der Waals surface area contributed by atoms with Crippen LogP contribution in [-0.4, -0.2) is 45.0 Å². The number of amides is 1. The Morgan fingerprint density at radius 1 is 1.43 bits per heavy atom. The summed E-state index contributed by atoms with van der Waals surface area (Å²) < 4.78 is 16.3. The van der Waals surface area contributed by atoms with Crippen molar-refractivity contribution in [2.45, 2.75) is 31.5 Å². The molecule has 1 aliphatic rings. The summed E-state index contributed by atoms with van der Waals surface area (Å²) in [5, 5.41) is 2.81. The highest BCUT2D eigenvalue weighted by Crippen LogP contribution is 2.18. The zero-order valence-corrected chi connectivity index (χ0v) is 14.1. The highest BCUT2D eigenvalue weighted by atomic mass is 35.5. The third kappa shape index (κ3) is 6.74. The number of carbonyl (C=O) groups is 1. The van der Waals surface area contributed by atoms with E-state index in [9.17, 15) is 4.79 Å². The lowest BCUT2D eigenvalue weighted by Crippen LogP contribution is -2.28. The number of anilines is 1. The molecule has 0 spiro atoms. The summed E-state index contributed by atoms with van der Waals surface area (Å²) in [6.45, 7) is 1.71. The van der Waals surface area contributed by atoms with Crippen LogP contribution in [-0.2, 0) is 14.3 Å². The molecule has 2 unspecified atom stereocenters. The lowest BCUT2D eigenvalue weighted by atomic mass is 10.2. The van der Waals surface area contributed by atoms with Crippen molar-refractivity contribution in [1.82, 2.24) is 0 Å². The smallest absolute Gasteiger partial charge is 0.227 e. The van der Waals surface area contributed by atoms with Crippen LogP contribution in [0.25, 0.3) is 0 Å². The van der Waals surface area contributed by atoms with Crippen molar-refractivity contribution >= 4 is 24.0 Å². The number of methoxy groups -OCH3 is 1. The molecular formula is C16H25ClN2O4. The molecule has 1 aliphatic heterocycles. The summed E-state index contributed by atoms with van der Waals surface area (Å²) in [5.74, 6) is 0.649. The molecule has 7 heteroatoms. The molecule has 0 radical (unpaired) electrons. The molecule has 2 atom stereocenters. The SMILES string of the molecule is COC(CN)CC(=O)Nc1ccc(OCC2CCCO2)cc1.Cl. The molecule has 1 amide bonds. The molecule has 1 saturated heterocycles. The average molecular weight is 345 g/mol. The molecule has 0 aromatic heterocycles. The predicted molar refractivity (Wildman–Crippen MR) is 91.3 cm³/mol. The Morgan fingerprint density at radius 3 is 2.74 bits per heavy atom. The lowest BCUT2D eigenvalue weighted by Gasteiger charge is -2.13. The number of nitrogens with two attached hydrogens (primary N) is 1. The van der Waals surface area contributed by atoms with Crippen molar-refractivity contribution in [3.05, 3.63) is 24.3 Å². The first-order chi connectivity index (χ1) is 10.7. The third-order valence-electron chi connectivity index (χ3n) is 3.61. The summed E-state index contributed by atoms with van der Waals surface area (Å²) >= 11 is 0. The van der Waals surface area contributed by atoms with Gasteiger partial charge in [0, 0.05) is 25.9 Å². The molecule has 1 heterocycles. The van der Waals surface area contributed by atoms with Crippen LogP contribution in [0.2, 0.25) is 0 Å². The van der Waals surface area contributed by atoms with Crippen molar-refractivity contribution < 1.29 is 19.0 Å². The maximum absolute atomic E-state index is 11.8. The molecule has 2 rings (SSSR count). The van der Waals surface area contributed by atoms with Crippen LogP contribution in [0.5, 0.6) is 5.75 Å². The van der Waals surface area contributed by atoms with E-state index >= 15 is 0 Å². The first-order valence-corrected chi connectivity index (χ1v) is 7.58. The lowest BCUT2D eigenvalue weighted by molar-refractivity contribution is -0.118. The Hall–Kier alpha value is -1.34. The Morgan fingerprint density at radius 2 is 2.17 bits per heavy atom. The van der Waals surface area contributed by atoms with Crippen molar-refractivity contribution in [2.24, 2.45) is 5.73 Å². The van der Waals surface area contributed by atoms with Gasteiger partial charge in [-0.2, -0.15) is 0 Å². The fourth-order valence-electron chi connectivity index (χ4n) is 2.28. The van der Waals surface area contributed by atoms with E-state index < -0.39 is 0 Å². The number of ether oxygens (including phenoxy) is 3. The van der Waals surface area contributed by atoms with Gasteiger partial charge in [-0.25, -0.2) is 0 Å². The number of benzene rings is 1. The summed E-state index contributed by atoms with van der Waals surface area (Å²) in [5.41, 5.74) is 6.22. The minimum Gasteiger partial charge on any atom is -0.491 e. The molecular weight excluding hydrogens is 320 g/mol. The average Bonchev–Trinajstić information content (AvgIpc) is 3.05. The van der Waals surface area contributed by atoms with E-state index in [1.54, 1.807) is 7.11 Å². The van der Waals surface area contributed by atoms with Crippen LogP contribution < -0.4 is 15.8 Å². The molecule has 0 bridgehead atoms. The Labute approximate surface area is 143 Å². The number of hydrogen-bond acceptors (Lipinski definition) is 5. The minimum absolute atomic E-state index is 0. The second-order valence-electron chi connectivity index (χ2n) is 5.32. The van der Waals surface area contributed by atoms with Gasteiger partial charge in [0.25, 0.3) is 0 Å². The summed E-state index contributed by atoms with van der Waals surface area (Å²) in [6.07, 6.45) is 2.33. The van der Waals surface area contributed by atoms with Gasteiger partial charge < -0.3 is 25.3 Å². The van der Waals surface area contributed by atoms with Gasteiger partial charge in [-0.15, -0.1) is 12.4 Å². The Balaban J connectivity index is 0.00000264. The molecule has 0 saturated carbocycles. The van der Waals surface area contributed by atoms with E-state index in [2.05, 4.69) is 5.32 Å². The summed E-state index contributed by atoms with van der Waals surface area (Å²) in [7, 11) is 1.55. The highest BCUT2D eigenvalue weighted by Gasteiger charge is 2.16. The number of nitrogens with one attached hydrogen (secondary N) is 1. The third-order valence-corrected chi connectivity index (χ3v) is 3.61. The molecule has 1 aromatic rings. The monoisotopic (exact) mass is 344 g/mol. The quantitative estimate of drug-likeness (QED) is 0.753. The molecule has 130 valence electrons. The van der Waals surface area contributed by atoms with Gasteiger partial charge in [-0.05, 0) is 37.1 Å². The van der Waals surface area contributed by atoms with E-state index in [1.165, 1.54) is 0 Å². The van der Waals surface area contributed by atoms with Crippen LogP contribution >= 0.6 is 12.4 Å². The van der Waals surface area contributed by atoms with E-state index in [-0.39, 0.29) is 36.9 Å². The molecule has 3 N–H and O–H groups in total. The van der Waals surface area contributed by atoms with Crippen molar-refractivity contribution in [3.63, 3.8) is 0 Å². The normalized spacial score (nSPS) is 18.1. The second-order valence-corrected chi connectivity index (χ2v) is 5.32. The van der Waals surface area contributed by atoms with Crippen LogP contribution in [0.3, 0.4) is 0 Å². The predicted octanol–water partition coefficient (Wildman–Crippen LogP) is 1.97. The van der Waals surface area contributed by atoms with E-state index in [4.69, 9.17) is 19.9 Å². The molecule has 23 heavy (non-hydrogen) atoms. The summed E-state index contributed by atoms with van der Waals surface area (Å²) in [4.78, 5) is 11.8. The first-order valence-electron chi connectivity index (χ1n) is 7.58. The summed E-state index contributed by atoms with van der Waals surface area (Å²) in [6, 6.07) is 7.29. The van der Waals surface area contributed by atoms with Crippen LogP contribution in [0.15, 0.2) is 24.3 Å². The second kappa shape index (κ2) is 10.4. The van der Waals surface area contributed by atoms with Gasteiger partial charge >= 0.3 is 0 Å². The standard InChI is InChI=1S/C16H24N2O4.ClH/c1-20-15(10-17)9-16(19)18-12-4-6-13(7-5-12)22-11-14-3-2-8-21-14;/h4-7,14-15H,2-3,8-11,17H2,1H3,(H,18,19);1H. The van der Waals surface area contributed by atoms with Gasteiger partial charge in [-0.1, -0.05) is 0 Å². The molecule has 1 fully saturated rings. The van der Waals surface area contributed by atoms with E-state index in [0.29, 0.717) is 13.2 Å². The fourth-order valence-corrected chi connectivity index (χ4v) is 2.28. The van der Waals surface area contributed by atoms with Crippen molar-refractivity contribution in [1.29, 1.82) is 0 Å². The minimum atomic E-state index is -0.256. The number of halogens is 1. The van der Waals surface area contributed by atoms with Gasteiger partial charge in [0.05, 0.1) is 18.6 Å². The largest absolute Gasteiger partial charge is 0.491 e. The maximum atomic E-state index is 11.8. The number of rotatable bonds is 8. The number of carbonyl (C=O) groups excluding carboxylic acids is 1. The van der Waals surface area contributed by atoms with Crippen LogP contribution in [0, 0.1) is 0 Å². The van der Waals surface area contributed by atoms with Crippen molar-refractivity contribution in [2.75, 3.05) is 32.2 Å². The zero-order valence-electron chi connectivity index (χ0n) is 13.3. The first kappa shape index (κ1) is 19.7. The van der Waals surface area contributed by atoms with Crippen LogP contribution in [0.4, 0.5) is 5.69 Å². The Kier molecular flexibility index (Phi) is 8.94. The molecule has 6 nitrogen and oxygen atoms in total. The van der Waals surface area contributed by atoms with Gasteiger partial charge in [-0.3, -0.25) is 4.79 Å². The van der Waals surface area contributed by atoms with Gasteiger partial charge in [0.1, 0.15) is 12.4 Å². The van der Waals surface area contributed by atoms with E-state index in [1.807, 2.05) is 24.3 Å². The molecule has 1 aromatic carbocycles. The molecule has 0 aliphatic carbocycles. The van der Waals surface area contributed by atoms with Gasteiger partial charge in [0.2, 0.25) is 5.91 Å². The number of hydrogen-bond donors (Lipinski definition) is 2. The Bertz CT molecular complexity index is 460. The van der Waals surface area contributed by atoms with Crippen molar-refractivity contribution in [3.8, 4) is 5.75 Å². The maximum Gasteiger partial charge on any atom is 0.227 e.